The predicted octanol–water partition coefficient (Wildman–Crippen LogP) is -0.939. The summed E-state index contributed by atoms with van der Waals surface area (Å²) in [5.41, 5.74) is -2.02. The number of aliphatic hydroxyl groups excluding tert-OH is 3. The van der Waals surface area contributed by atoms with Crippen LogP contribution in [0.15, 0.2) is 0 Å². The van der Waals surface area contributed by atoms with Crippen molar-refractivity contribution in [1.82, 2.24) is 4.90 Å². The van der Waals surface area contributed by atoms with Crippen molar-refractivity contribution in [1.29, 1.82) is 0 Å². The zero-order chi connectivity index (χ0) is 16.0. The summed E-state index contributed by atoms with van der Waals surface area (Å²) >= 11 is 0. The van der Waals surface area contributed by atoms with Gasteiger partial charge in [-0.3, -0.25) is 0 Å². The van der Waals surface area contributed by atoms with E-state index in [1.165, 1.54) is 7.05 Å². The lowest BCUT2D eigenvalue weighted by Gasteiger charge is -2.44. The fourth-order valence-electron chi connectivity index (χ4n) is 2.55. The summed E-state index contributed by atoms with van der Waals surface area (Å²) in [7, 11) is 1.44. The lowest BCUT2D eigenvalue weighted by atomic mass is 9.88. The third-order valence-corrected chi connectivity index (χ3v) is 3.73. The number of nitrogens with zero attached hydrogens (tertiary/aromatic N) is 1. The molecular weight excluding hydrogens is 282 g/mol. The van der Waals surface area contributed by atoms with Gasteiger partial charge in [0.1, 0.15) is 29.5 Å². The van der Waals surface area contributed by atoms with E-state index in [0.717, 1.165) is 4.90 Å². The van der Waals surface area contributed by atoms with Crippen molar-refractivity contribution < 1.29 is 34.3 Å². The molecule has 2 fully saturated rings. The fraction of sp³-hybridized carbons (Fsp3) is 0.923. The number of fused-ring (bicyclic) bond motifs is 2. The number of aliphatic hydroxyl groups is 3. The molecule has 0 saturated carbocycles. The Morgan fingerprint density at radius 1 is 1.43 bits per heavy atom. The Morgan fingerprint density at radius 2 is 2.05 bits per heavy atom. The molecule has 1 amide bonds. The van der Waals surface area contributed by atoms with Crippen LogP contribution in [0.1, 0.15) is 20.8 Å². The first-order valence-electron chi connectivity index (χ1n) is 6.83. The molecule has 2 heterocycles. The van der Waals surface area contributed by atoms with Gasteiger partial charge in [-0.1, -0.05) is 0 Å². The van der Waals surface area contributed by atoms with E-state index in [0.29, 0.717) is 0 Å². The van der Waals surface area contributed by atoms with Gasteiger partial charge in [-0.25, -0.2) is 4.79 Å². The average molecular weight is 305 g/mol. The Morgan fingerprint density at radius 3 is 2.57 bits per heavy atom. The van der Waals surface area contributed by atoms with E-state index < -0.39 is 48.4 Å². The van der Waals surface area contributed by atoms with Gasteiger partial charge < -0.3 is 34.4 Å². The van der Waals surface area contributed by atoms with Crippen LogP contribution in [0.2, 0.25) is 0 Å². The minimum absolute atomic E-state index is 0.0505. The molecule has 8 heteroatoms. The van der Waals surface area contributed by atoms with Crippen LogP contribution in [0.3, 0.4) is 0 Å². The number of carbonyl (C=O) groups excluding carboxylic acids is 1. The lowest BCUT2D eigenvalue weighted by molar-refractivity contribution is -0.246. The molecule has 21 heavy (non-hydrogen) atoms. The Balaban J connectivity index is 2.15. The predicted molar refractivity (Wildman–Crippen MR) is 70.4 cm³/mol. The van der Waals surface area contributed by atoms with Crippen molar-refractivity contribution in [2.24, 2.45) is 0 Å². The summed E-state index contributed by atoms with van der Waals surface area (Å²) in [6.45, 7) is 4.65. The molecule has 2 aliphatic heterocycles. The standard InChI is InChI=1S/C13H23NO7/c1-12(2,3)21-11(18)14(4)7-8(16)9(17)13(5-15)6-19-10(7)20-13/h7-10,15-17H,5-6H2,1-4H3/t7-,8-,9-,10+,13+/m1/s1. The normalized spacial score (nSPS) is 39.2. The van der Waals surface area contributed by atoms with Crippen LogP contribution in [0.5, 0.6) is 0 Å². The average Bonchev–Trinajstić information content (AvgIpc) is 2.77. The molecule has 0 radical (unpaired) electrons. The second kappa shape index (κ2) is 5.36. The Labute approximate surface area is 123 Å². The first kappa shape index (κ1) is 16.4. The SMILES string of the molecule is CN(C(=O)OC(C)(C)C)[C@H]1[C@H]2OC[C@](CO)(O2)[C@H](O)[C@@H]1O. The first-order chi connectivity index (χ1) is 9.61. The summed E-state index contributed by atoms with van der Waals surface area (Å²) in [6, 6.07) is -0.919. The number of hydrogen-bond acceptors (Lipinski definition) is 7. The van der Waals surface area contributed by atoms with Gasteiger partial charge in [0.05, 0.1) is 13.2 Å². The third-order valence-electron chi connectivity index (χ3n) is 3.73. The van der Waals surface area contributed by atoms with Crippen LogP contribution in [0.4, 0.5) is 4.79 Å². The molecule has 2 saturated heterocycles. The molecule has 0 aromatic heterocycles. The van der Waals surface area contributed by atoms with Crippen LogP contribution < -0.4 is 0 Å². The largest absolute Gasteiger partial charge is 0.444 e. The van der Waals surface area contributed by atoms with E-state index in [2.05, 4.69) is 0 Å². The summed E-state index contributed by atoms with van der Waals surface area (Å²) in [6.07, 6.45) is -4.26. The van der Waals surface area contributed by atoms with Gasteiger partial charge in [0.15, 0.2) is 6.29 Å². The van der Waals surface area contributed by atoms with Crippen molar-refractivity contribution in [3.8, 4) is 0 Å². The van der Waals surface area contributed by atoms with E-state index in [9.17, 15) is 20.1 Å². The van der Waals surface area contributed by atoms with Gasteiger partial charge in [-0.05, 0) is 20.8 Å². The number of amides is 1. The molecular formula is C13H23NO7. The second-order valence-electron chi connectivity index (χ2n) is 6.54. The van der Waals surface area contributed by atoms with Crippen molar-refractivity contribution in [3.05, 3.63) is 0 Å². The molecule has 0 unspecified atom stereocenters. The highest BCUT2D eigenvalue weighted by Crippen LogP contribution is 2.38. The topological polar surface area (TPSA) is 109 Å². The minimum atomic E-state index is -1.36. The third kappa shape index (κ3) is 2.86. The summed E-state index contributed by atoms with van der Waals surface area (Å²) in [4.78, 5) is 13.2. The number of carbonyl (C=O) groups is 1. The smallest absolute Gasteiger partial charge is 0.410 e. The maximum atomic E-state index is 12.1. The van der Waals surface area contributed by atoms with Gasteiger partial charge in [0.25, 0.3) is 0 Å². The van der Waals surface area contributed by atoms with Crippen molar-refractivity contribution >= 4 is 6.09 Å². The lowest BCUT2D eigenvalue weighted by Crippen LogP contribution is -2.66. The number of likely N-dealkylation sites (N-methyl/N-ethyl adjacent to an activating group) is 1. The van der Waals surface area contributed by atoms with E-state index in [1.807, 2.05) is 0 Å². The van der Waals surface area contributed by atoms with Crippen molar-refractivity contribution in [3.63, 3.8) is 0 Å². The molecule has 2 bridgehead atoms. The van der Waals surface area contributed by atoms with E-state index in [1.54, 1.807) is 20.8 Å². The molecule has 0 spiro atoms. The summed E-state index contributed by atoms with van der Waals surface area (Å²) in [5.74, 6) is 0. The molecule has 0 aromatic rings. The maximum absolute atomic E-state index is 12.1. The van der Waals surface area contributed by atoms with E-state index in [4.69, 9.17) is 14.2 Å². The molecule has 3 N–H and O–H groups in total. The molecule has 0 aromatic carbocycles. The van der Waals surface area contributed by atoms with Gasteiger partial charge in [-0.2, -0.15) is 0 Å². The Hall–Kier alpha value is -0.930. The van der Waals surface area contributed by atoms with Crippen LogP contribution in [0, 0.1) is 0 Å². The summed E-state index contributed by atoms with van der Waals surface area (Å²) in [5, 5.41) is 29.8. The molecule has 2 aliphatic rings. The molecule has 0 aliphatic carbocycles. The first-order valence-corrected chi connectivity index (χ1v) is 6.83. The Kier molecular flexibility index (Phi) is 4.20. The monoisotopic (exact) mass is 305 g/mol. The second-order valence-corrected chi connectivity index (χ2v) is 6.54. The highest BCUT2D eigenvalue weighted by molar-refractivity contribution is 5.68. The fourth-order valence-corrected chi connectivity index (χ4v) is 2.55. The van der Waals surface area contributed by atoms with E-state index in [-0.39, 0.29) is 6.61 Å². The number of ether oxygens (including phenoxy) is 3. The molecule has 2 rings (SSSR count). The maximum Gasteiger partial charge on any atom is 0.410 e. The van der Waals surface area contributed by atoms with Crippen LogP contribution in [-0.2, 0) is 14.2 Å². The Bertz CT molecular complexity index is 410. The van der Waals surface area contributed by atoms with Crippen LogP contribution in [-0.4, -0.2) is 82.3 Å². The zero-order valence-electron chi connectivity index (χ0n) is 12.6. The van der Waals surface area contributed by atoms with Gasteiger partial charge in [0.2, 0.25) is 0 Å². The highest BCUT2D eigenvalue weighted by atomic mass is 16.7. The minimum Gasteiger partial charge on any atom is -0.444 e. The highest BCUT2D eigenvalue weighted by Gasteiger charge is 2.60. The number of hydrogen-bond donors (Lipinski definition) is 3. The van der Waals surface area contributed by atoms with Crippen molar-refractivity contribution in [2.75, 3.05) is 20.3 Å². The zero-order valence-corrected chi connectivity index (χ0v) is 12.6. The molecule has 5 atom stereocenters. The van der Waals surface area contributed by atoms with Gasteiger partial charge in [0, 0.05) is 7.05 Å². The number of rotatable bonds is 2. The van der Waals surface area contributed by atoms with Crippen LogP contribution >= 0.6 is 0 Å². The van der Waals surface area contributed by atoms with Gasteiger partial charge >= 0.3 is 6.09 Å². The molecule has 8 nitrogen and oxygen atoms in total. The quantitative estimate of drug-likeness (QED) is 0.604. The molecule has 122 valence electrons. The summed E-state index contributed by atoms with van der Waals surface area (Å²) < 4.78 is 16.1. The van der Waals surface area contributed by atoms with Gasteiger partial charge in [-0.15, -0.1) is 0 Å². The van der Waals surface area contributed by atoms with E-state index >= 15 is 0 Å². The van der Waals surface area contributed by atoms with Crippen LogP contribution in [0.25, 0.3) is 0 Å². The van der Waals surface area contributed by atoms with Crippen molar-refractivity contribution in [2.45, 2.75) is 56.5 Å².